The van der Waals surface area contributed by atoms with Crippen molar-refractivity contribution in [2.75, 3.05) is 31.5 Å². The van der Waals surface area contributed by atoms with Gasteiger partial charge in [0.1, 0.15) is 0 Å². The lowest BCUT2D eigenvalue weighted by molar-refractivity contribution is -0.137. The van der Waals surface area contributed by atoms with Gasteiger partial charge < -0.3 is 10.2 Å². The zero-order chi connectivity index (χ0) is 24.3. The summed E-state index contributed by atoms with van der Waals surface area (Å²) in [6, 6.07) is 10.8. The molecule has 4 rings (SSSR count). The average Bonchev–Trinajstić information content (AvgIpc) is 3.22. The van der Waals surface area contributed by atoms with E-state index in [1.54, 1.807) is 29.1 Å². The predicted molar refractivity (Wildman–Crippen MR) is 132 cm³/mol. The van der Waals surface area contributed by atoms with E-state index in [1.165, 1.54) is 12.1 Å². The molecule has 180 valence electrons. The summed E-state index contributed by atoms with van der Waals surface area (Å²) >= 11 is 17.7. The third-order valence-corrected chi connectivity index (χ3v) is 6.50. The van der Waals surface area contributed by atoms with Crippen LogP contribution in [-0.2, 0) is 19.3 Å². The van der Waals surface area contributed by atoms with Crippen molar-refractivity contribution in [1.82, 2.24) is 19.6 Å². The summed E-state index contributed by atoms with van der Waals surface area (Å²) in [5, 5.41) is 9.31. The first-order chi connectivity index (χ1) is 16.2. The van der Waals surface area contributed by atoms with E-state index in [2.05, 4.69) is 15.3 Å². The van der Waals surface area contributed by atoms with Gasteiger partial charge in [-0.25, -0.2) is 0 Å². The highest BCUT2D eigenvalue weighted by molar-refractivity contribution is 7.80. The summed E-state index contributed by atoms with van der Waals surface area (Å²) < 4.78 is 40.6. The Morgan fingerprint density at radius 1 is 1.03 bits per heavy atom. The highest BCUT2D eigenvalue weighted by Gasteiger charge is 2.30. The van der Waals surface area contributed by atoms with Gasteiger partial charge in [-0.3, -0.25) is 9.58 Å². The van der Waals surface area contributed by atoms with E-state index in [0.29, 0.717) is 60.0 Å². The minimum absolute atomic E-state index is 0.470. The van der Waals surface area contributed by atoms with Gasteiger partial charge in [-0.2, -0.15) is 18.3 Å². The Morgan fingerprint density at radius 2 is 1.79 bits per heavy atom. The second-order valence-electron chi connectivity index (χ2n) is 8.05. The average molecular weight is 528 g/mol. The molecule has 0 amide bonds. The van der Waals surface area contributed by atoms with Gasteiger partial charge in [0.05, 0.1) is 24.0 Å². The van der Waals surface area contributed by atoms with Crippen LogP contribution in [0.1, 0.15) is 16.7 Å². The second kappa shape index (κ2) is 10.5. The van der Waals surface area contributed by atoms with Crippen LogP contribution in [0.4, 0.5) is 18.9 Å². The Bertz CT molecular complexity index is 1160. The third-order valence-electron chi connectivity index (χ3n) is 5.55. The molecular formula is C23H22Cl2F3N5S. The van der Waals surface area contributed by atoms with E-state index in [0.717, 1.165) is 17.3 Å². The number of nitrogens with one attached hydrogen (secondary N) is 1. The summed E-state index contributed by atoms with van der Waals surface area (Å²) in [6.45, 7) is 3.73. The highest BCUT2D eigenvalue weighted by Crippen LogP contribution is 2.30. The first-order valence-electron chi connectivity index (χ1n) is 10.6. The number of piperazine rings is 1. The van der Waals surface area contributed by atoms with Crippen molar-refractivity contribution in [3.8, 4) is 0 Å². The van der Waals surface area contributed by atoms with Gasteiger partial charge in [-0.05, 0) is 41.5 Å². The van der Waals surface area contributed by atoms with Crippen molar-refractivity contribution in [1.29, 1.82) is 0 Å². The standard InChI is InChI=1S/C23H22Cl2F3N5S/c24-19-5-4-17(21(25)11-19)14-33-15-20(12-29-33)30-22(34)32-8-6-31(7-9-32)13-16-2-1-3-18(10-16)23(26,27)28/h1-5,10-12,15H,6-9,13-14H2,(H,30,34). The molecule has 1 aromatic heterocycles. The number of halogens is 5. The van der Waals surface area contributed by atoms with Crippen LogP contribution in [0.15, 0.2) is 54.9 Å². The lowest BCUT2D eigenvalue weighted by Gasteiger charge is -2.36. The molecule has 0 atom stereocenters. The monoisotopic (exact) mass is 527 g/mol. The molecule has 0 aliphatic carbocycles. The number of anilines is 1. The number of benzene rings is 2. The maximum Gasteiger partial charge on any atom is 0.416 e. The van der Waals surface area contributed by atoms with E-state index < -0.39 is 11.7 Å². The number of thiocarbonyl (C=S) groups is 1. The molecule has 0 saturated carbocycles. The fraction of sp³-hybridized carbons (Fsp3) is 0.304. The molecule has 34 heavy (non-hydrogen) atoms. The van der Waals surface area contributed by atoms with Crippen LogP contribution >= 0.6 is 35.4 Å². The maximum atomic E-state index is 13.0. The molecule has 0 bridgehead atoms. The summed E-state index contributed by atoms with van der Waals surface area (Å²) in [6.07, 6.45) is -0.789. The Kier molecular flexibility index (Phi) is 7.67. The lowest BCUT2D eigenvalue weighted by atomic mass is 10.1. The van der Waals surface area contributed by atoms with Gasteiger partial charge >= 0.3 is 6.18 Å². The quantitative estimate of drug-likeness (QED) is 0.426. The number of nitrogens with zero attached hydrogens (tertiary/aromatic N) is 4. The molecule has 11 heteroatoms. The van der Waals surface area contributed by atoms with Crippen LogP contribution < -0.4 is 5.32 Å². The van der Waals surface area contributed by atoms with Crippen molar-refractivity contribution < 1.29 is 13.2 Å². The number of aromatic nitrogens is 2. The third kappa shape index (κ3) is 6.41. The molecule has 1 saturated heterocycles. The maximum absolute atomic E-state index is 13.0. The lowest BCUT2D eigenvalue weighted by Crippen LogP contribution is -2.49. The molecule has 0 spiro atoms. The van der Waals surface area contributed by atoms with Crippen molar-refractivity contribution >= 4 is 46.2 Å². The molecule has 1 aliphatic rings. The van der Waals surface area contributed by atoms with Crippen molar-refractivity contribution in [3.63, 3.8) is 0 Å². The van der Waals surface area contributed by atoms with Gasteiger partial charge in [0, 0.05) is 49.0 Å². The fourth-order valence-electron chi connectivity index (χ4n) is 3.75. The zero-order valence-corrected chi connectivity index (χ0v) is 20.4. The predicted octanol–water partition coefficient (Wildman–Crippen LogP) is 5.77. The molecule has 2 heterocycles. The minimum Gasteiger partial charge on any atom is -0.346 e. The van der Waals surface area contributed by atoms with E-state index in [-0.39, 0.29) is 0 Å². The normalized spacial score (nSPS) is 14.9. The van der Waals surface area contributed by atoms with E-state index in [1.807, 2.05) is 17.2 Å². The van der Waals surface area contributed by atoms with E-state index in [4.69, 9.17) is 35.4 Å². The molecule has 3 aromatic rings. The SMILES string of the molecule is FC(F)(F)c1cccc(CN2CCN(C(=S)Nc3cnn(Cc4ccc(Cl)cc4Cl)c3)CC2)c1. The van der Waals surface area contributed by atoms with E-state index in [9.17, 15) is 13.2 Å². The molecule has 2 aromatic carbocycles. The molecular weight excluding hydrogens is 506 g/mol. The summed E-state index contributed by atoms with van der Waals surface area (Å²) in [4.78, 5) is 4.17. The van der Waals surface area contributed by atoms with Crippen LogP contribution in [-0.4, -0.2) is 50.9 Å². The summed E-state index contributed by atoms with van der Waals surface area (Å²) in [5.41, 5.74) is 1.70. The molecule has 1 fully saturated rings. The molecule has 0 unspecified atom stereocenters. The zero-order valence-electron chi connectivity index (χ0n) is 18.0. The molecule has 0 radical (unpaired) electrons. The Morgan fingerprint density at radius 3 is 2.50 bits per heavy atom. The number of hydrogen-bond acceptors (Lipinski definition) is 3. The summed E-state index contributed by atoms with van der Waals surface area (Å²) in [5.74, 6) is 0. The van der Waals surface area contributed by atoms with Gasteiger partial charge in [0.15, 0.2) is 5.11 Å². The van der Waals surface area contributed by atoms with Crippen LogP contribution in [0.25, 0.3) is 0 Å². The van der Waals surface area contributed by atoms with E-state index >= 15 is 0 Å². The molecule has 1 aliphatic heterocycles. The van der Waals surface area contributed by atoms with Crippen molar-refractivity contribution in [2.45, 2.75) is 19.3 Å². The first kappa shape index (κ1) is 24.8. The topological polar surface area (TPSA) is 36.3 Å². The smallest absolute Gasteiger partial charge is 0.346 e. The number of hydrogen-bond donors (Lipinski definition) is 1. The van der Waals surface area contributed by atoms with Crippen LogP contribution in [0.5, 0.6) is 0 Å². The summed E-state index contributed by atoms with van der Waals surface area (Å²) in [7, 11) is 0. The van der Waals surface area contributed by atoms with Gasteiger partial charge in [0.2, 0.25) is 0 Å². The van der Waals surface area contributed by atoms with Gasteiger partial charge in [0.25, 0.3) is 0 Å². The largest absolute Gasteiger partial charge is 0.416 e. The fourth-order valence-corrected chi connectivity index (χ4v) is 4.52. The Labute approximate surface area is 211 Å². The van der Waals surface area contributed by atoms with Crippen LogP contribution in [0.2, 0.25) is 10.0 Å². The van der Waals surface area contributed by atoms with Crippen LogP contribution in [0.3, 0.4) is 0 Å². The minimum atomic E-state index is -4.33. The van der Waals surface area contributed by atoms with Gasteiger partial charge in [-0.1, -0.05) is 47.5 Å². The molecule has 1 N–H and O–H groups in total. The Balaban J connectivity index is 1.27. The highest BCUT2D eigenvalue weighted by atomic mass is 35.5. The van der Waals surface area contributed by atoms with Crippen molar-refractivity contribution in [3.05, 3.63) is 81.6 Å². The first-order valence-corrected chi connectivity index (χ1v) is 11.7. The van der Waals surface area contributed by atoms with Gasteiger partial charge in [-0.15, -0.1) is 0 Å². The second-order valence-corrected chi connectivity index (χ2v) is 9.28. The number of alkyl halides is 3. The molecule has 5 nitrogen and oxygen atoms in total. The Hall–Kier alpha value is -2.33. The number of rotatable bonds is 5. The van der Waals surface area contributed by atoms with Crippen LogP contribution in [0, 0.1) is 0 Å². The van der Waals surface area contributed by atoms with Crippen molar-refractivity contribution in [2.24, 2.45) is 0 Å².